The zero-order valence-electron chi connectivity index (χ0n) is 13.1. The zero-order valence-corrected chi connectivity index (χ0v) is 13.9. The molecule has 2 heterocycles. The van der Waals surface area contributed by atoms with E-state index in [0.29, 0.717) is 6.42 Å². The highest BCUT2D eigenvalue weighted by Crippen LogP contribution is 2.38. The van der Waals surface area contributed by atoms with Gasteiger partial charge in [-0.05, 0) is 5.56 Å². The normalized spacial score (nSPS) is 34.7. The summed E-state index contributed by atoms with van der Waals surface area (Å²) >= 11 is 1.41. The number of amidine groups is 1. The smallest absolute Gasteiger partial charge is 0.161 e. The van der Waals surface area contributed by atoms with Gasteiger partial charge in [0.1, 0.15) is 29.8 Å². The summed E-state index contributed by atoms with van der Waals surface area (Å²) in [5.74, 6) is 0. The van der Waals surface area contributed by atoms with E-state index < -0.39 is 30.5 Å². The first kappa shape index (κ1) is 16.7. The van der Waals surface area contributed by atoms with Gasteiger partial charge < -0.3 is 25.0 Å². The van der Waals surface area contributed by atoms with Crippen LogP contribution in [-0.4, -0.2) is 75.4 Å². The van der Waals surface area contributed by atoms with Crippen LogP contribution < -0.4 is 0 Å². The number of hydrogen-bond donors (Lipinski definition) is 3. The Morgan fingerprint density at radius 3 is 2.57 bits per heavy atom. The largest absolute Gasteiger partial charge is 0.390 e. The van der Waals surface area contributed by atoms with Gasteiger partial charge in [-0.25, -0.2) is 0 Å². The second kappa shape index (κ2) is 6.78. The van der Waals surface area contributed by atoms with Crippen LogP contribution >= 0.6 is 11.8 Å². The molecule has 0 radical (unpaired) electrons. The predicted molar refractivity (Wildman–Crippen MR) is 89.3 cm³/mol. The number of aliphatic hydroxyl groups is 3. The van der Waals surface area contributed by atoms with Gasteiger partial charge in [-0.2, -0.15) is 0 Å². The van der Waals surface area contributed by atoms with Crippen molar-refractivity contribution in [3.63, 3.8) is 0 Å². The van der Waals surface area contributed by atoms with Crippen molar-refractivity contribution in [2.24, 2.45) is 4.99 Å². The third-order valence-electron chi connectivity index (χ3n) is 4.14. The lowest BCUT2D eigenvalue weighted by molar-refractivity contribution is -0.184. The average molecular weight is 338 g/mol. The molecule has 126 valence electrons. The van der Waals surface area contributed by atoms with Crippen molar-refractivity contribution in [1.29, 1.82) is 0 Å². The number of rotatable bonds is 3. The number of benzene rings is 1. The lowest BCUT2D eigenvalue weighted by Crippen LogP contribution is -2.58. The van der Waals surface area contributed by atoms with Gasteiger partial charge in [-0.3, -0.25) is 4.99 Å². The topological polar surface area (TPSA) is 85.5 Å². The van der Waals surface area contributed by atoms with Gasteiger partial charge in [0, 0.05) is 20.5 Å². The van der Waals surface area contributed by atoms with Crippen molar-refractivity contribution in [2.45, 2.75) is 42.3 Å². The molecule has 3 N–H and O–H groups in total. The fourth-order valence-corrected chi connectivity index (χ4v) is 4.03. The molecule has 1 aromatic rings. The summed E-state index contributed by atoms with van der Waals surface area (Å²) in [4.78, 5) is 6.26. The zero-order chi connectivity index (χ0) is 16.6. The summed E-state index contributed by atoms with van der Waals surface area (Å²) in [6.07, 6.45) is -3.59. The SMILES string of the molecule is CN(C)C1=N[C@@H]2[C@@H](O)[C@H](O)[C@@H](C(O)Cc3ccccc3)O[C@@H]2S1. The molecule has 1 saturated heterocycles. The molecule has 0 aliphatic carbocycles. The average Bonchev–Trinajstić information content (AvgIpc) is 2.96. The third kappa shape index (κ3) is 3.39. The molecule has 7 heteroatoms. The van der Waals surface area contributed by atoms with Crippen LogP contribution in [0, 0.1) is 0 Å². The Kier molecular flexibility index (Phi) is 4.93. The number of fused-ring (bicyclic) bond motifs is 1. The van der Waals surface area contributed by atoms with Gasteiger partial charge in [0.2, 0.25) is 0 Å². The third-order valence-corrected chi connectivity index (χ3v) is 5.44. The van der Waals surface area contributed by atoms with E-state index in [2.05, 4.69) is 4.99 Å². The van der Waals surface area contributed by atoms with E-state index in [9.17, 15) is 15.3 Å². The molecular weight excluding hydrogens is 316 g/mol. The van der Waals surface area contributed by atoms with E-state index in [1.165, 1.54) is 11.8 Å². The molecule has 23 heavy (non-hydrogen) atoms. The molecule has 3 rings (SSSR count). The highest BCUT2D eigenvalue weighted by Gasteiger charge is 2.50. The van der Waals surface area contributed by atoms with Crippen LogP contribution in [-0.2, 0) is 11.2 Å². The summed E-state index contributed by atoms with van der Waals surface area (Å²) in [6, 6.07) is 9.02. The summed E-state index contributed by atoms with van der Waals surface area (Å²) in [6.45, 7) is 0. The summed E-state index contributed by atoms with van der Waals surface area (Å²) in [7, 11) is 3.74. The Balaban J connectivity index is 1.71. The van der Waals surface area contributed by atoms with Crippen molar-refractivity contribution in [2.75, 3.05) is 14.1 Å². The molecule has 1 unspecified atom stereocenters. The number of thioether (sulfide) groups is 1. The van der Waals surface area contributed by atoms with Crippen molar-refractivity contribution < 1.29 is 20.1 Å². The van der Waals surface area contributed by atoms with Crippen LogP contribution in [0.2, 0.25) is 0 Å². The number of ether oxygens (including phenoxy) is 1. The van der Waals surface area contributed by atoms with E-state index >= 15 is 0 Å². The van der Waals surface area contributed by atoms with Crippen LogP contribution in [0.5, 0.6) is 0 Å². The Labute approximate surface area is 139 Å². The van der Waals surface area contributed by atoms with E-state index in [1.807, 2.05) is 49.3 Å². The molecule has 0 aromatic heterocycles. The Hall–Kier alpha value is -1.12. The molecule has 1 aromatic carbocycles. The second-order valence-corrected chi connectivity index (χ2v) is 7.19. The second-order valence-electron chi connectivity index (χ2n) is 6.12. The van der Waals surface area contributed by atoms with Crippen LogP contribution in [0.25, 0.3) is 0 Å². The maximum absolute atomic E-state index is 10.5. The first-order valence-corrected chi connectivity index (χ1v) is 8.50. The highest BCUT2D eigenvalue weighted by atomic mass is 32.2. The molecule has 1 fully saturated rings. The Bertz CT molecular complexity index is 568. The summed E-state index contributed by atoms with van der Waals surface area (Å²) < 4.78 is 5.87. The number of hydrogen-bond acceptors (Lipinski definition) is 7. The van der Waals surface area contributed by atoms with Gasteiger partial charge >= 0.3 is 0 Å². The van der Waals surface area contributed by atoms with E-state index in [-0.39, 0.29) is 5.44 Å². The van der Waals surface area contributed by atoms with Gasteiger partial charge in [0.05, 0.1) is 6.10 Å². The molecule has 6 atom stereocenters. The maximum Gasteiger partial charge on any atom is 0.161 e. The highest BCUT2D eigenvalue weighted by molar-refractivity contribution is 8.14. The van der Waals surface area contributed by atoms with Crippen molar-refractivity contribution in [3.8, 4) is 0 Å². The Morgan fingerprint density at radius 1 is 1.22 bits per heavy atom. The minimum Gasteiger partial charge on any atom is -0.390 e. The minimum absolute atomic E-state index is 0.360. The van der Waals surface area contributed by atoms with Crippen LogP contribution in [0.3, 0.4) is 0 Å². The Morgan fingerprint density at radius 2 is 1.91 bits per heavy atom. The predicted octanol–water partition coefficient (Wildman–Crippen LogP) is 0.0697. The van der Waals surface area contributed by atoms with E-state index in [4.69, 9.17) is 4.74 Å². The lowest BCUT2D eigenvalue weighted by Gasteiger charge is -2.40. The van der Waals surface area contributed by atoms with Crippen LogP contribution in [0.15, 0.2) is 35.3 Å². The molecule has 6 nitrogen and oxygen atoms in total. The van der Waals surface area contributed by atoms with E-state index in [0.717, 1.165) is 10.7 Å². The molecule has 0 spiro atoms. The minimum atomic E-state index is -1.17. The van der Waals surface area contributed by atoms with E-state index in [1.54, 1.807) is 0 Å². The van der Waals surface area contributed by atoms with Crippen LogP contribution in [0.1, 0.15) is 5.56 Å². The molecule has 0 amide bonds. The van der Waals surface area contributed by atoms with Crippen molar-refractivity contribution in [3.05, 3.63) is 35.9 Å². The monoisotopic (exact) mass is 338 g/mol. The van der Waals surface area contributed by atoms with Crippen LogP contribution in [0.4, 0.5) is 0 Å². The first-order valence-electron chi connectivity index (χ1n) is 7.62. The van der Waals surface area contributed by atoms with Crippen molar-refractivity contribution in [1.82, 2.24) is 4.90 Å². The fourth-order valence-electron chi connectivity index (χ4n) is 2.88. The first-order chi connectivity index (χ1) is 11.0. The summed E-state index contributed by atoms with van der Waals surface area (Å²) in [5.41, 5.74) is 0.568. The van der Waals surface area contributed by atoms with Gasteiger partial charge in [0.25, 0.3) is 0 Å². The van der Waals surface area contributed by atoms with Gasteiger partial charge in [0.15, 0.2) is 5.17 Å². The van der Waals surface area contributed by atoms with Crippen molar-refractivity contribution >= 4 is 16.9 Å². The van der Waals surface area contributed by atoms with Gasteiger partial charge in [-0.1, -0.05) is 42.1 Å². The molecule has 2 aliphatic rings. The molecule has 0 bridgehead atoms. The number of aliphatic imine (C=N–C) groups is 1. The standard InChI is InChI=1S/C16H22N2O4S/c1-18(2)16-17-11-12(20)13(21)14(22-15(11)23-16)10(19)8-9-6-4-3-5-7-9/h3-7,10-15,19-21H,8H2,1-2H3/t10?,11-,12-,13+,14-,15-/m1/s1. The molecule has 0 saturated carbocycles. The van der Waals surface area contributed by atoms with Gasteiger partial charge in [-0.15, -0.1) is 0 Å². The summed E-state index contributed by atoms with van der Waals surface area (Å²) in [5, 5.41) is 31.9. The maximum atomic E-state index is 10.5. The lowest BCUT2D eigenvalue weighted by atomic mass is 9.92. The number of nitrogens with zero attached hydrogens (tertiary/aromatic N) is 2. The molecular formula is C16H22N2O4S. The molecule has 2 aliphatic heterocycles. The quantitative estimate of drug-likeness (QED) is 0.723. The fraction of sp³-hybridized carbons (Fsp3) is 0.562. The number of aliphatic hydroxyl groups excluding tert-OH is 3.